The maximum absolute atomic E-state index is 12.3. The minimum atomic E-state index is 0.139. The molecule has 0 unspecified atom stereocenters. The number of carbonyl (C=O) groups excluding carboxylic acids is 1. The molecule has 1 aromatic rings. The molecular formula is C16H23NO2. The van der Waals surface area contributed by atoms with E-state index in [1.54, 1.807) is 0 Å². The van der Waals surface area contributed by atoms with Crippen molar-refractivity contribution < 1.29 is 9.53 Å². The fraction of sp³-hybridized carbons (Fsp3) is 0.562. The van der Waals surface area contributed by atoms with Crippen LogP contribution in [-0.2, 0) is 9.53 Å². The van der Waals surface area contributed by atoms with Gasteiger partial charge in [-0.2, -0.15) is 0 Å². The van der Waals surface area contributed by atoms with Gasteiger partial charge in [-0.1, -0.05) is 37.3 Å². The second kappa shape index (κ2) is 6.20. The number of nitrogens with zero attached hydrogens (tertiary/aromatic N) is 1. The Morgan fingerprint density at radius 3 is 2.42 bits per heavy atom. The number of hydrogen-bond acceptors (Lipinski definition) is 2. The van der Waals surface area contributed by atoms with Gasteiger partial charge in [0.15, 0.2) is 0 Å². The maximum atomic E-state index is 12.3. The van der Waals surface area contributed by atoms with Crippen LogP contribution in [0.25, 0.3) is 0 Å². The highest BCUT2D eigenvalue weighted by molar-refractivity contribution is 5.77. The lowest BCUT2D eigenvalue weighted by Gasteiger charge is -2.35. The molecule has 1 fully saturated rings. The Balaban J connectivity index is 1.93. The molecule has 1 aromatic carbocycles. The van der Waals surface area contributed by atoms with Crippen molar-refractivity contribution in [3.63, 3.8) is 0 Å². The van der Waals surface area contributed by atoms with Gasteiger partial charge in [0.1, 0.15) is 0 Å². The Morgan fingerprint density at radius 1 is 1.26 bits per heavy atom. The molecule has 0 saturated carbocycles. The van der Waals surface area contributed by atoms with E-state index in [-0.39, 0.29) is 24.0 Å². The summed E-state index contributed by atoms with van der Waals surface area (Å²) in [7, 11) is 0. The van der Waals surface area contributed by atoms with Crippen LogP contribution in [0, 0.1) is 0 Å². The van der Waals surface area contributed by atoms with E-state index in [2.05, 4.69) is 19.1 Å². The van der Waals surface area contributed by atoms with Crippen LogP contribution >= 0.6 is 0 Å². The van der Waals surface area contributed by atoms with Gasteiger partial charge < -0.3 is 9.64 Å². The maximum Gasteiger partial charge on any atom is 0.223 e. The van der Waals surface area contributed by atoms with Crippen molar-refractivity contribution in [1.29, 1.82) is 0 Å². The monoisotopic (exact) mass is 261 g/mol. The van der Waals surface area contributed by atoms with Crippen LogP contribution in [0.4, 0.5) is 0 Å². The molecule has 3 nitrogen and oxygen atoms in total. The van der Waals surface area contributed by atoms with Crippen molar-refractivity contribution in [3.8, 4) is 0 Å². The van der Waals surface area contributed by atoms with Crippen LogP contribution in [0.3, 0.4) is 0 Å². The summed E-state index contributed by atoms with van der Waals surface area (Å²) in [4.78, 5) is 14.3. The van der Waals surface area contributed by atoms with E-state index < -0.39 is 0 Å². The lowest BCUT2D eigenvalue weighted by Crippen LogP contribution is -2.48. The first kappa shape index (κ1) is 14.1. The predicted molar refractivity (Wildman–Crippen MR) is 76.1 cm³/mol. The lowest BCUT2D eigenvalue weighted by atomic mass is 9.97. The molecule has 1 aliphatic heterocycles. The molecule has 2 rings (SSSR count). The summed E-state index contributed by atoms with van der Waals surface area (Å²) in [6.07, 6.45) is 0.850. The summed E-state index contributed by atoms with van der Waals surface area (Å²) in [6, 6.07) is 10.2. The third-order valence-corrected chi connectivity index (χ3v) is 3.62. The van der Waals surface area contributed by atoms with Gasteiger partial charge in [0.25, 0.3) is 0 Å². The molecule has 1 heterocycles. The second-order valence-corrected chi connectivity index (χ2v) is 5.57. The van der Waals surface area contributed by atoms with Crippen molar-refractivity contribution in [1.82, 2.24) is 4.90 Å². The van der Waals surface area contributed by atoms with Gasteiger partial charge in [-0.3, -0.25) is 4.79 Å². The molecule has 1 amide bonds. The van der Waals surface area contributed by atoms with Crippen molar-refractivity contribution in [2.24, 2.45) is 0 Å². The Hall–Kier alpha value is -1.35. The van der Waals surface area contributed by atoms with Gasteiger partial charge in [-0.15, -0.1) is 0 Å². The van der Waals surface area contributed by atoms with E-state index in [9.17, 15) is 4.79 Å². The smallest absolute Gasteiger partial charge is 0.223 e. The van der Waals surface area contributed by atoms with E-state index in [1.807, 2.05) is 36.9 Å². The number of amides is 1. The fourth-order valence-corrected chi connectivity index (χ4v) is 2.67. The summed E-state index contributed by atoms with van der Waals surface area (Å²) >= 11 is 0. The summed E-state index contributed by atoms with van der Waals surface area (Å²) in [5.74, 6) is 0.500. The molecule has 0 bridgehead atoms. The second-order valence-electron chi connectivity index (χ2n) is 5.57. The number of ether oxygens (including phenoxy) is 1. The van der Waals surface area contributed by atoms with Crippen molar-refractivity contribution in [2.45, 2.75) is 45.3 Å². The first-order chi connectivity index (χ1) is 9.06. The fourth-order valence-electron chi connectivity index (χ4n) is 2.67. The van der Waals surface area contributed by atoms with Gasteiger partial charge in [0.05, 0.1) is 12.2 Å². The molecule has 3 atom stereocenters. The van der Waals surface area contributed by atoms with Gasteiger partial charge in [-0.25, -0.2) is 0 Å². The van der Waals surface area contributed by atoms with Crippen LogP contribution in [0.2, 0.25) is 0 Å². The first-order valence-corrected chi connectivity index (χ1v) is 7.04. The minimum Gasteiger partial charge on any atom is -0.372 e. The Kier molecular flexibility index (Phi) is 4.59. The average Bonchev–Trinajstić information content (AvgIpc) is 2.38. The van der Waals surface area contributed by atoms with E-state index in [1.165, 1.54) is 5.56 Å². The number of carbonyl (C=O) groups is 1. The van der Waals surface area contributed by atoms with E-state index in [4.69, 9.17) is 4.74 Å². The quantitative estimate of drug-likeness (QED) is 0.837. The molecule has 1 saturated heterocycles. The summed E-state index contributed by atoms with van der Waals surface area (Å²) < 4.78 is 5.66. The van der Waals surface area contributed by atoms with Gasteiger partial charge >= 0.3 is 0 Å². The van der Waals surface area contributed by atoms with Crippen LogP contribution in [0.15, 0.2) is 30.3 Å². The third-order valence-electron chi connectivity index (χ3n) is 3.62. The van der Waals surface area contributed by atoms with Crippen LogP contribution in [0.1, 0.15) is 38.7 Å². The number of rotatable bonds is 3. The highest BCUT2D eigenvalue weighted by Crippen LogP contribution is 2.21. The standard InChI is InChI=1S/C16H23NO2/c1-12(15-7-5-4-6-8-15)9-16(18)17-10-13(2)19-14(3)11-17/h4-8,12-14H,9-11H2,1-3H3/t12-,13-,14-/m0/s1. The van der Waals surface area contributed by atoms with Gasteiger partial charge in [0, 0.05) is 19.5 Å². The molecule has 0 aromatic heterocycles. The molecule has 1 aliphatic rings. The van der Waals surface area contributed by atoms with Gasteiger partial charge in [0.2, 0.25) is 5.91 Å². The van der Waals surface area contributed by atoms with Crippen molar-refractivity contribution in [2.75, 3.05) is 13.1 Å². The Bertz CT molecular complexity index is 408. The van der Waals surface area contributed by atoms with Gasteiger partial charge in [-0.05, 0) is 25.3 Å². The molecule has 3 heteroatoms. The van der Waals surface area contributed by atoms with Crippen molar-refractivity contribution >= 4 is 5.91 Å². The first-order valence-electron chi connectivity index (χ1n) is 7.04. The molecule has 104 valence electrons. The summed E-state index contributed by atoms with van der Waals surface area (Å²) in [6.45, 7) is 7.59. The molecule has 0 radical (unpaired) electrons. The van der Waals surface area contributed by atoms with Crippen LogP contribution < -0.4 is 0 Å². The lowest BCUT2D eigenvalue weighted by molar-refractivity contribution is -0.143. The SMILES string of the molecule is C[C@H]1CN(C(=O)C[C@H](C)c2ccccc2)C[C@H](C)O1. The van der Waals surface area contributed by atoms with Crippen LogP contribution in [-0.4, -0.2) is 36.1 Å². The van der Waals surface area contributed by atoms with E-state index >= 15 is 0 Å². The zero-order valence-electron chi connectivity index (χ0n) is 12.0. The number of morpholine rings is 1. The number of benzene rings is 1. The topological polar surface area (TPSA) is 29.5 Å². The van der Waals surface area contributed by atoms with E-state index in [0.717, 1.165) is 0 Å². The Labute approximate surface area is 115 Å². The minimum absolute atomic E-state index is 0.139. The Morgan fingerprint density at radius 2 is 1.84 bits per heavy atom. The van der Waals surface area contributed by atoms with Crippen LogP contribution in [0.5, 0.6) is 0 Å². The largest absolute Gasteiger partial charge is 0.372 e. The molecule has 0 aliphatic carbocycles. The zero-order valence-corrected chi connectivity index (χ0v) is 12.0. The molecular weight excluding hydrogens is 238 g/mol. The normalized spacial score (nSPS) is 25.1. The molecule has 0 spiro atoms. The molecule has 0 N–H and O–H groups in total. The van der Waals surface area contributed by atoms with E-state index in [0.29, 0.717) is 19.5 Å². The predicted octanol–water partition coefficient (Wildman–Crippen LogP) is 2.82. The summed E-state index contributed by atoms with van der Waals surface area (Å²) in [5.41, 5.74) is 1.23. The highest BCUT2D eigenvalue weighted by atomic mass is 16.5. The number of hydrogen-bond donors (Lipinski definition) is 0. The third kappa shape index (κ3) is 3.80. The highest BCUT2D eigenvalue weighted by Gasteiger charge is 2.26. The molecule has 19 heavy (non-hydrogen) atoms. The summed E-state index contributed by atoms with van der Waals surface area (Å²) in [5, 5.41) is 0. The zero-order chi connectivity index (χ0) is 13.8. The van der Waals surface area contributed by atoms with Crippen molar-refractivity contribution in [3.05, 3.63) is 35.9 Å². The average molecular weight is 261 g/mol.